The Kier molecular flexibility index (Phi) is 3.01. The highest BCUT2D eigenvalue weighted by Crippen LogP contribution is 2.25. The number of pyridine rings is 1. The van der Waals surface area contributed by atoms with Crippen molar-refractivity contribution in [1.82, 2.24) is 9.38 Å². The van der Waals surface area contributed by atoms with Crippen LogP contribution in [0.15, 0.2) is 79.1 Å². The van der Waals surface area contributed by atoms with Gasteiger partial charge in [0.1, 0.15) is 5.65 Å². The van der Waals surface area contributed by atoms with Crippen LogP contribution in [0.2, 0.25) is 0 Å². The van der Waals surface area contributed by atoms with E-state index in [1.807, 2.05) is 18.3 Å². The number of fused-ring (bicyclic) bond motifs is 1. The molecule has 22 heavy (non-hydrogen) atoms. The van der Waals surface area contributed by atoms with Gasteiger partial charge in [-0.15, -0.1) is 0 Å². The Morgan fingerprint density at radius 1 is 0.727 bits per heavy atom. The Morgan fingerprint density at radius 3 is 2.14 bits per heavy atom. The van der Waals surface area contributed by atoms with E-state index in [0.717, 1.165) is 16.9 Å². The van der Waals surface area contributed by atoms with Crippen molar-refractivity contribution in [3.05, 3.63) is 84.7 Å². The van der Waals surface area contributed by atoms with Crippen LogP contribution in [0.25, 0.3) is 28.0 Å². The first-order chi connectivity index (χ1) is 10.8. The fourth-order valence-electron chi connectivity index (χ4n) is 2.76. The largest absolute Gasteiger partial charge is 0.306 e. The zero-order valence-corrected chi connectivity index (χ0v) is 12.4. The molecule has 2 aromatic carbocycles. The van der Waals surface area contributed by atoms with Gasteiger partial charge in [0, 0.05) is 18.0 Å². The predicted octanol–water partition coefficient (Wildman–Crippen LogP) is 4.98. The Labute approximate surface area is 129 Å². The molecule has 2 aromatic heterocycles. The summed E-state index contributed by atoms with van der Waals surface area (Å²) in [6.45, 7) is 2.09. The van der Waals surface area contributed by atoms with Gasteiger partial charge in [-0.1, -0.05) is 60.7 Å². The zero-order chi connectivity index (χ0) is 14.9. The van der Waals surface area contributed by atoms with Gasteiger partial charge in [-0.05, 0) is 29.7 Å². The third kappa shape index (κ3) is 2.19. The molecule has 0 aliphatic carbocycles. The molecule has 0 aliphatic heterocycles. The topological polar surface area (TPSA) is 17.3 Å². The summed E-state index contributed by atoms with van der Waals surface area (Å²) in [5, 5.41) is 0. The monoisotopic (exact) mass is 284 g/mol. The molecule has 2 nitrogen and oxygen atoms in total. The van der Waals surface area contributed by atoms with Gasteiger partial charge in [-0.25, -0.2) is 4.98 Å². The van der Waals surface area contributed by atoms with Crippen LogP contribution >= 0.6 is 0 Å². The van der Waals surface area contributed by atoms with Gasteiger partial charge < -0.3 is 4.40 Å². The standard InChI is InChI=1S/C20H16N2/c1-15-6-5-13-22-14-19(21-20(15)22)18-11-9-17(10-12-18)16-7-3-2-4-8-16/h2-14H,1H3. The van der Waals surface area contributed by atoms with Gasteiger partial charge in [-0.2, -0.15) is 0 Å². The minimum Gasteiger partial charge on any atom is -0.306 e. The molecule has 0 N–H and O–H groups in total. The molecule has 0 aliphatic rings. The number of rotatable bonds is 2. The van der Waals surface area contributed by atoms with Gasteiger partial charge in [0.2, 0.25) is 0 Å². The highest BCUT2D eigenvalue weighted by atomic mass is 15.0. The summed E-state index contributed by atoms with van der Waals surface area (Å²) in [6.07, 6.45) is 4.12. The fourth-order valence-corrected chi connectivity index (χ4v) is 2.76. The molecule has 4 aromatic rings. The van der Waals surface area contributed by atoms with Crippen molar-refractivity contribution in [3.8, 4) is 22.4 Å². The van der Waals surface area contributed by atoms with Crippen LogP contribution in [0.1, 0.15) is 5.56 Å². The van der Waals surface area contributed by atoms with Crippen molar-refractivity contribution in [2.45, 2.75) is 6.92 Å². The molecule has 0 radical (unpaired) electrons. The van der Waals surface area contributed by atoms with Crippen LogP contribution in [0.3, 0.4) is 0 Å². The molecule has 0 fully saturated rings. The molecule has 0 unspecified atom stereocenters. The van der Waals surface area contributed by atoms with E-state index in [1.165, 1.54) is 16.7 Å². The Morgan fingerprint density at radius 2 is 1.41 bits per heavy atom. The average Bonchev–Trinajstić information content (AvgIpc) is 3.02. The maximum absolute atomic E-state index is 4.75. The van der Waals surface area contributed by atoms with Gasteiger partial charge in [-0.3, -0.25) is 0 Å². The van der Waals surface area contributed by atoms with Gasteiger partial charge in [0.15, 0.2) is 0 Å². The van der Waals surface area contributed by atoms with Crippen LogP contribution in [-0.4, -0.2) is 9.38 Å². The molecule has 0 bridgehead atoms. The molecule has 0 amide bonds. The first kappa shape index (κ1) is 12.8. The second-order valence-electron chi connectivity index (χ2n) is 5.49. The number of imidazole rings is 1. The number of aryl methyl sites for hydroxylation is 1. The molecular weight excluding hydrogens is 268 g/mol. The fraction of sp³-hybridized carbons (Fsp3) is 0.0500. The number of hydrogen-bond donors (Lipinski definition) is 0. The lowest BCUT2D eigenvalue weighted by atomic mass is 10.0. The number of benzene rings is 2. The summed E-state index contributed by atoms with van der Waals surface area (Å²) < 4.78 is 2.08. The molecule has 0 saturated heterocycles. The molecule has 0 atom stereocenters. The first-order valence-corrected chi connectivity index (χ1v) is 7.41. The van der Waals surface area contributed by atoms with Gasteiger partial charge in [0.25, 0.3) is 0 Å². The minimum absolute atomic E-state index is 1.01. The molecule has 106 valence electrons. The van der Waals surface area contributed by atoms with E-state index < -0.39 is 0 Å². The Hall–Kier alpha value is -2.87. The third-order valence-electron chi connectivity index (χ3n) is 3.97. The summed E-state index contributed by atoms with van der Waals surface area (Å²) in [7, 11) is 0. The average molecular weight is 284 g/mol. The van der Waals surface area contributed by atoms with E-state index in [2.05, 4.69) is 72.1 Å². The van der Waals surface area contributed by atoms with E-state index >= 15 is 0 Å². The molecule has 0 saturated carbocycles. The van der Waals surface area contributed by atoms with Crippen LogP contribution in [0.5, 0.6) is 0 Å². The highest BCUT2D eigenvalue weighted by Gasteiger charge is 2.06. The van der Waals surface area contributed by atoms with Crippen LogP contribution in [-0.2, 0) is 0 Å². The number of aromatic nitrogens is 2. The molecule has 2 heteroatoms. The van der Waals surface area contributed by atoms with Crippen molar-refractivity contribution >= 4 is 5.65 Å². The van der Waals surface area contributed by atoms with Crippen molar-refractivity contribution in [3.63, 3.8) is 0 Å². The summed E-state index contributed by atoms with van der Waals surface area (Å²) in [5.41, 5.74) is 6.82. The number of hydrogen-bond acceptors (Lipinski definition) is 1. The second kappa shape index (κ2) is 5.15. The van der Waals surface area contributed by atoms with Crippen LogP contribution in [0.4, 0.5) is 0 Å². The van der Waals surface area contributed by atoms with Gasteiger partial charge in [0.05, 0.1) is 5.69 Å². The summed E-state index contributed by atoms with van der Waals surface area (Å²) >= 11 is 0. The predicted molar refractivity (Wildman–Crippen MR) is 90.8 cm³/mol. The summed E-state index contributed by atoms with van der Waals surface area (Å²) in [4.78, 5) is 4.75. The molecule has 0 spiro atoms. The lowest BCUT2D eigenvalue weighted by Gasteiger charge is -2.02. The maximum atomic E-state index is 4.75. The highest BCUT2D eigenvalue weighted by molar-refractivity contribution is 5.70. The van der Waals surface area contributed by atoms with E-state index in [4.69, 9.17) is 4.98 Å². The maximum Gasteiger partial charge on any atom is 0.140 e. The van der Waals surface area contributed by atoms with Crippen molar-refractivity contribution < 1.29 is 0 Å². The third-order valence-corrected chi connectivity index (χ3v) is 3.97. The molecule has 2 heterocycles. The van der Waals surface area contributed by atoms with Gasteiger partial charge >= 0.3 is 0 Å². The Bertz CT molecular complexity index is 919. The lowest BCUT2D eigenvalue weighted by Crippen LogP contribution is -1.83. The SMILES string of the molecule is Cc1cccn2cc(-c3ccc(-c4ccccc4)cc3)nc12. The van der Waals surface area contributed by atoms with Crippen LogP contribution < -0.4 is 0 Å². The smallest absolute Gasteiger partial charge is 0.140 e. The van der Waals surface area contributed by atoms with E-state index in [9.17, 15) is 0 Å². The van der Waals surface area contributed by atoms with Crippen molar-refractivity contribution in [1.29, 1.82) is 0 Å². The lowest BCUT2D eigenvalue weighted by molar-refractivity contribution is 1.16. The van der Waals surface area contributed by atoms with Crippen molar-refractivity contribution in [2.24, 2.45) is 0 Å². The van der Waals surface area contributed by atoms with E-state index in [1.54, 1.807) is 0 Å². The zero-order valence-electron chi connectivity index (χ0n) is 12.4. The molecular formula is C20H16N2. The second-order valence-corrected chi connectivity index (χ2v) is 5.49. The van der Waals surface area contributed by atoms with E-state index in [-0.39, 0.29) is 0 Å². The summed E-state index contributed by atoms with van der Waals surface area (Å²) in [5.74, 6) is 0. The number of nitrogens with zero attached hydrogens (tertiary/aromatic N) is 2. The normalized spacial score (nSPS) is 11.0. The Balaban J connectivity index is 1.74. The van der Waals surface area contributed by atoms with Crippen molar-refractivity contribution in [2.75, 3.05) is 0 Å². The van der Waals surface area contributed by atoms with Crippen LogP contribution in [0, 0.1) is 6.92 Å². The summed E-state index contributed by atoms with van der Waals surface area (Å²) in [6, 6.07) is 23.1. The van der Waals surface area contributed by atoms with E-state index in [0.29, 0.717) is 0 Å². The molecule has 4 rings (SSSR count). The minimum atomic E-state index is 1.01. The quantitative estimate of drug-likeness (QED) is 0.507. The first-order valence-electron chi connectivity index (χ1n) is 7.41.